The number of nitrogens with one attached hydrogen (secondary N) is 1. The van der Waals surface area contributed by atoms with Crippen LogP contribution in [0, 0.1) is 11.3 Å². The number of benzene rings is 2. The molecule has 140 valence electrons. The summed E-state index contributed by atoms with van der Waals surface area (Å²) >= 11 is 0. The van der Waals surface area contributed by atoms with Crippen molar-refractivity contribution in [2.24, 2.45) is 0 Å². The number of rotatable bonds is 2. The fourth-order valence-corrected chi connectivity index (χ4v) is 5.39. The minimum absolute atomic E-state index is 0.0652. The van der Waals surface area contributed by atoms with Gasteiger partial charge in [-0.05, 0) is 47.7 Å². The molecule has 5 nitrogen and oxygen atoms in total. The van der Waals surface area contributed by atoms with Crippen LogP contribution in [-0.4, -0.2) is 27.3 Å². The maximum absolute atomic E-state index is 11.7. The van der Waals surface area contributed by atoms with Crippen LogP contribution in [0.5, 0.6) is 0 Å². The van der Waals surface area contributed by atoms with Crippen molar-refractivity contribution in [2.75, 3.05) is 17.7 Å². The van der Waals surface area contributed by atoms with Crippen LogP contribution in [0.4, 0.5) is 5.69 Å². The van der Waals surface area contributed by atoms with Crippen molar-refractivity contribution in [3.05, 3.63) is 64.7 Å². The Morgan fingerprint density at radius 1 is 1.15 bits per heavy atom. The molecule has 0 bridgehead atoms. The van der Waals surface area contributed by atoms with Crippen LogP contribution in [0.25, 0.3) is 0 Å². The van der Waals surface area contributed by atoms with Gasteiger partial charge in [0.25, 0.3) is 0 Å². The van der Waals surface area contributed by atoms with Crippen molar-refractivity contribution in [1.82, 2.24) is 4.72 Å². The number of hydrogen-bond acceptors (Lipinski definition) is 4. The van der Waals surface area contributed by atoms with Gasteiger partial charge in [0, 0.05) is 24.2 Å². The predicted molar refractivity (Wildman–Crippen MR) is 106 cm³/mol. The van der Waals surface area contributed by atoms with Crippen LogP contribution in [0.1, 0.15) is 54.0 Å². The topological polar surface area (TPSA) is 73.2 Å². The van der Waals surface area contributed by atoms with E-state index in [4.69, 9.17) is 0 Å². The highest BCUT2D eigenvalue weighted by atomic mass is 32.2. The van der Waals surface area contributed by atoms with Gasteiger partial charge in [0.2, 0.25) is 10.0 Å². The molecular formula is C21H23N3O2S. The molecule has 0 aliphatic carbocycles. The number of fused-ring (bicyclic) bond motifs is 5. The quantitative estimate of drug-likeness (QED) is 0.866. The Morgan fingerprint density at radius 3 is 2.59 bits per heavy atom. The maximum atomic E-state index is 11.7. The molecule has 0 saturated carbocycles. The second kappa shape index (κ2) is 6.66. The summed E-state index contributed by atoms with van der Waals surface area (Å²) in [5.74, 6) is 0.177. The van der Waals surface area contributed by atoms with Gasteiger partial charge in [-0.2, -0.15) is 5.26 Å². The predicted octanol–water partition coefficient (Wildman–Crippen LogP) is 3.28. The fourth-order valence-electron chi connectivity index (χ4n) is 4.57. The average Bonchev–Trinajstić information content (AvgIpc) is 2.74. The van der Waals surface area contributed by atoms with Crippen molar-refractivity contribution >= 4 is 15.7 Å². The zero-order valence-electron chi connectivity index (χ0n) is 15.5. The van der Waals surface area contributed by atoms with Crippen LogP contribution in [0.15, 0.2) is 42.5 Å². The summed E-state index contributed by atoms with van der Waals surface area (Å²) in [5.41, 5.74) is 5.49. The lowest BCUT2D eigenvalue weighted by Gasteiger charge is -2.41. The summed E-state index contributed by atoms with van der Waals surface area (Å²) in [7, 11) is -3.23. The van der Waals surface area contributed by atoms with E-state index in [9.17, 15) is 13.7 Å². The zero-order chi connectivity index (χ0) is 19.2. The van der Waals surface area contributed by atoms with E-state index in [2.05, 4.69) is 34.7 Å². The molecule has 1 N–H and O–H groups in total. The summed E-state index contributed by atoms with van der Waals surface area (Å²) in [5, 5.41) is 9.34. The summed E-state index contributed by atoms with van der Waals surface area (Å²) in [6, 6.07) is 16.6. The van der Waals surface area contributed by atoms with Crippen molar-refractivity contribution < 1.29 is 8.42 Å². The number of nitriles is 1. The first kappa shape index (κ1) is 18.0. The molecule has 4 rings (SSSR count). The highest BCUT2D eigenvalue weighted by molar-refractivity contribution is 7.88. The van der Waals surface area contributed by atoms with E-state index < -0.39 is 10.0 Å². The van der Waals surface area contributed by atoms with E-state index in [1.54, 1.807) is 0 Å². The van der Waals surface area contributed by atoms with Crippen LogP contribution < -0.4 is 9.62 Å². The van der Waals surface area contributed by atoms with Crippen molar-refractivity contribution in [2.45, 2.75) is 37.8 Å². The molecule has 0 radical (unpaired) electrons. The first-order valence-electron chi connectivity index (χ1n) is 9.24. The molecule has 0 spiro atoms. The summed E-state index contributed by atoms with van der Waals surface area (Å²) in [4.78, 5) is 2.39. The monoisotopic (exact) mass is 381 g/mol. The largest absolute Gasteiger partial charge is 0.364 e. The second-order valence-electron chi connectivity index (χ2n) is 7.56. The number of anilines is 1. The molecule has 0 aromatic heterocycles. The van der Waals surface area contributed by atoms with Gasteiger partial charge in [0.1, 0.15) is 0 Å². The summed E-state index contributed by atoms with van der Waals surface area (Å²) < 4.78 is 26.3. The molecular weight excluding hydrogens is 358 g/mol. The Balaban J connectivity index is 1.83. The molecule has 6 heteroatoms. The smallest absolute Gasteiger partial charge is 0.208 e. The third kappa shape index (κ3) is 3.33. The van der Waals surface area contributed by atoms with E-state index >= 15 is 0 Å². The molecule has 2 aliphatic heterocycles. The fraction of sp³-hybridized carbons (Fsp3) is 0.381. The van der Waals surface area contributed by atoms with Crippen LogP contribution >= 0.6 is 0 Å². The van der Waals surface area contributed by atoms with Crippen molar-refractivity contribution in [1.29, 1.82) is 5.26 Å². The number of sulfonamides is 1. The molecule has 3 atom stereocenters. The van der Waals surface area contributed by atoms with E-state index in [1.807, 2.05) is 30.3 Å². The van der Waals surface area contributed by atoms with Crippen molar-refractivity contribution in [3.63, 3.8) is 0 Å². The third-order valence-corrected chi connectivity index (χ3v) is 6.50. The zero-order valence-corrected chi connectivity index (χ0v) is 16.3. The normalized spacial score (nSPS) is 24.2. The summed E-state index contributed by atoms with van der Waals surface area (Å²) in [6.45, 7) is 2.96. The van der Waals surface area contributed by atoms with Crippen molar-refractivity contribution in [3.8, 4) is 6.07 Å². The molecule has 2 aliphatic rings. The molecule has 2 aromatic carbocycles. The first-order chi connectivity index (χ1) is 12.9. The molecule has 0 amide bonds. The molecule has 2 aromatic rings. The lowest BCUT2D eigenvalue weighted by Crippen LogP contribution is -2.46. The Hall–Kier alpha value is -2.36. The van der Waals surface area contributed by atoms with Gasteiger partial charge in [0.15, 0.2) is 0 Å². The van der Waals surface area contributed by atoms with E-state index in [-0.39, 0.29) is 18.0 Å². The van der Waals surface area contributed by atoms with Gasteiger partial charge in [-0.15, -0.1) is 0 Å². The highest BCUT2D eigenvalue weighted by Gasteiger charge is 2.36. The van der Waals surface area contributed by atoms with Gasteiger partial charge in [-0.25, -0.2) is 13.1 Å². The van der Waals surface area contributed by atoms with Gasteiger partial charge < -0.3 is 4.90 Å². The van der Waals surface area contributed by atoms with E-state index in [0.29, 0.717) is 5.56 Å². The number of piperidine rings is 1. The minimum Gasteiger partial charge on any atom is -0.364 e. The standard InChI is InChI=1S/C21H23N3O2S/c1-14-17-5-3-4-6-18(17)21-12-16(23-27(2,25)26)9-10-24(21)20-8-7-15(13-22)11-19(14)20/h3-8,11,14,16,21,23H,9-10,12H2,1-2H3/t14-,16-,21-/m1/s1. The van der Waals surface area contributed by atoms with Gasteiger partial charge >= 0.3 is 0 Å². The van der Waals surface area contributed by atoms with Gasteiger partial charge in [-0.1, -0.05) is 31.2 Å². The van der Waals surface area contributed by atoms with Gasteiger partial charge in [-0.3, -0.25) is 0 Å². The molecule has 1 saturated heterocycles. The maximum Gasteiger partial charge on any atom is 0.208 e. The first-order valence-corrected chi connectivity index (χ1v) is 11.1. The lowest BCUT2D eigenvalue weighted by molar-refractivity contribution is 0.396. The second-order valence-corrected chi connectivity index (χ2v) is 9.34. The Morgan fingerprint density at radius 2 is 1.89 bits per heavy atom. The molecule has 27 heavy (non-hydrogen) atoms. The highest BCUT2D eigenvalue weighted by Crippen LogP contribution is 2.46. The molecule has 0 unspecified atom stereocenters. The van der Waals surface area contributed by atoms with E-state index in [1.165, 1.54) is 22.9 Å². The lowest BCUT2D eigenvalue weighted by atomic mass is 9.86. The number of hydrogen-bond donors (Lipinski definition) is 1. The van der Waals surface area contributed by atoms with Crippen LogP contribution in [-0.2, 0) is 10.0 Å². The minimum atomic E-state index is -3.23. The molecule has 2 heterocycles. The third-order valence-electron chi connectivity index (χ3n) is 5.74. The van der Waals surface area contributed by atoms with Crippen LogP contribution in [0.3, 0.4) is 0 Å². The molecule has 1 fully saturated rings. The SMILES string of the molecule is C[C@@H]1c2ccccc2[C@H]2C[C@H](NS(C)(=O)=O)CCN2c2ccc(C#N)cc21. The Bertz CT molecular complexity index is 1030. The Kier molecular flexibility index (Phi) is 4.45. The summed E-state index contributed by atoms with van der Waals surface area (Å²) in [6.07, 6.45) is 2.72. The Labute approximate surface area is 160 Å². The van der Waals surface area contributed by atoms with E-state index in [0.717, 1.165) is 25.1 Å². The van der Waals surface area contributed by atoms with Gasteiger partial charge in [0.05, 0.1) is 23.9 Å². The van der Waals surface area contributed by atoms with Crippen LogP contribution in [0.2, 0.25) is 0 Å². The number of nitrogens with zero attached hydrogens (tertiary/aromatic N) is 2. The average molecular weight is 382 g/mol.